The molecule has 9 nitrogen and oxygen atoms in total. The second kappa shape index (κ2) is 7.49. The molecule has 1 atom stereocenters. The summed E-state index contributed by atoms with van der Waals surface area (Å²) >= 11 is 0. The normalized spacial score (nSPS) is 18.2. The fraction of sp³-hybridized carbons (Fsp3) is 0.353. The van der Waals surface area contributed by atoms with E-state index in [1.54, 1.807) is 24.3 Å². The molecule has 2 aromatic rings. The number of anilines is 1. The van der Waals surface area contributed by atoms with Gasteiger partial charge in [-0.1, -0.05) is 18.2 Å². The van der Waals surface area contributed by atoms with Gasteiger partial charge in [0.05, 0.1) is 5.92 Å². The Morgan fingerprint density at radius 1 is 1.19 bits per heavy atom. The Morgan fingerprint density at radius 3 is 2.56 bits per heavy atom. The number of sulfonamides is 1. The van der Waals surface area contributed by atoms with Crippen LogP contribution in [0.4, 0.5) is 5.69 Å². The number of H-pyrrole nitrogens is 2. The van der Waals surface area contributed by atoms with Crippen LogP contribution in [0, 0.1) is 12.8 Å². The molecule has 0 bridgehead atoms. The number of aryl methyl sites for hydroxylation is 1. The zero-order valence-electron chi connectivity index (χ0n) is 14.7. The molecule has 1 aromatic carbocycles. The lowest BCUT2D eigenvalue weighted by molar-refractivity contribution is -0.120. The first-order valence-electron chi connectivity index (χ1n) is 8.48. The molecule has 0 radical (unpaired) electrons. The van der Waals surface area contributed by atoms with Crippen LogP contribution < -0.4 is 16.6 Å². The first-order chi connectivity index (χ1) is 12.8. The van der Waals surface area contributed by atoms with E-state index in [0.717, 1.165) is 4.31 Å². The lowest BCUT2D eigenvalue weighted by Crippen LogP contribution is -2.45. The number of nitrogens with zero attached hydrogens (tertiary/aromatic N) is 1. The third-order valence-electron chi connectivity index (χ3n) is 4.47. The molecule has 27 heavy (non-hydrogen) atoms. The van der Waals surface area contributed by atoms with E-state index in [4.69, 9.17) is 0 Å². The van der Waals surface area contributed by atoms with E-state index in [0.29, 0.717) is 18.5 Å². The van der Waals surface area contributed by atoms with Crippen molar-refractivity contribution in [2.75, 3.05) is 18.4 Å². The Morgan fingerprint density at radius 2 is 1.89 bits per heavy atom. The highest BCUT2D eigenvalue weighted by atomic mass is 32.2. The van der Waals surface area contributed by atoms with Gasteiger partial charge in [-0.05, 0) is 31.9 Å². The summed E-state index contributed by atoms with van der Waals surface area (Å²) in [5.74, 6) is -0.802. The molecule has 3 N–H and O–H groups in total. The van der Waals surface area contributed by atoms with Crippen LogP contribution in [0.25, 0.3) is 0 Å². The van der Waals surface area contributed by atoms with Crippen LogP contribution in [0.2, 0.25) is 0 Å². The third-order valence-corrected chi connectivity index (χ3v) is 6.49. The number of hydrogen-bond donors (Lipinski definition) is 3. The van der Waals surface area contributed by atoms with E-state index in [2.05, 4.69) is 10.3 Å². The fourth-order valence-corrected chi connectivity index (χ4v) is 4.90. The number of para-hydroxylation sites is 1. The number of aromatic nitrogens is 2. The van der Waals surface area contributed by atoms with Crippen molar-refractivity contribution in [2.24, 2.45) is 5.92 Å². The fourth-order valence-electron chi connectivity index (χ4n) is 3.17. The zero-order chi connectivity index (χ0) is 19.6. The van der Waals surface area contributed by atoms with Crippen molar-refractivity contribution in [2.45, 2.75) is 24.7 Å². The SMILES string of the molecule is Cc1[nH]c(=O)[nH]c(=O)c1S(=O)(=O)N1CCC[C@@H](C(=O)Nc2ccccc2)C1. The maximum atomic E-state index is 12.9. The number of hydrogen-bond acceptors (Lipinski definition) is 5. The molecule has 1 fully saturated rings. The molecule has 0 unspecified atom stereocenters. The molecular weight excluding hydrogens is 372 g/mol. The summed E-state index contributed by atoms with van der Waals surface area (Å²) < 4.78 is 27.0. The Kier molecular flexibility index (Phi) is 5.29. The molecule has 1 saturated heterocycles. The van der Waals surface area contributed by atoms with Gasteiger partial charge in [0.1, 0.15) is 0 Å². The highest BCUT2D eigenvalue weighted by molar-refractivity contribution is 7.89. The standard InChI is InChI=1S/C17H20N4O5S/c1-11-14(16(23)20-17(24)18-11)27(25,26)21-9-5-6-12(10-21)15(22)19-13-7-3-2-4-8-13/h2-4,7-8,12H,5-6,9-10H2,1H3,(H,19,22)(H2,18,20,23,24)/t12-/m1/s1. The van der Waals surface area contributed by atoms with E-state index in [1.165, 1.54) is 6.92 Å². The molecule has 0 spiro atoms. The predicted molar refractivity (Wildman–Crippen MR) is 99.0 cm³/mol. The van der Waals surface area contributed by atoms with E-state index in [-0.39, 0.29) is 24.7 Å². The summed E-state index contributed by atoms with van der Waals surface area (Å²) in [7, 11) is -4.14. The molecule has 3 rings (SSSR count). The molecule has 1 aliphatic rings. The van der Waals surface area contributed by atoms with Crippen molar-refractivity contribution in [3.8, 4) is 0 Å². The second-order valence-corrected chi connectivity index (χ2v) is 8.29. The molecule has 1 amide bonds. The summed E-state index contributed by atoms with van der Waals surface area (Å²) in [6.45, 7) is 1.53. The van der Waals surface area contributed by atoms with E-state index in [1.807, 2.05) is 11.1 Å². The number of carbonyl (C=O) groups excluding carboxylic acids is 1. The molecule has 1 aromatic heterocycles. The van der Waals surface area contributed by atoms with Crippen molar-refractivity contribution in [3.05, 3.63) is 56.9 Å². The number of carbonyl (C=O) groups is 1. The lowest BCUT2D eigenvalue weighted by Gasteiger charge is -2.31. The lowest BCUT2D eigenvalue weighted by atomic mass is 9.99. The summed E-state index contributed by atoms with van der Waals surface area (Å²) in [5, 5.41) is 2.78. The van der Waals surface area contributed by atoms with Gasteiger partial charge >= 0.3 is 5.69 Å². The Bertz CT molecular complexity index is 1060. The van der Waals surface area contributed by atoms with E-state index in [9.17, 15) is 22.8 Å². The first kappa shape index (κ1) is 19.1. The van der Waals surface area contributed by atoms with Gasteiger partial charge in [-0.3, -0.25) is 14.6 Å². The van der Waals surface area contributed by atoms with Crippen LogP contribution in [0.5, 0.6) is 0 Å². The molecule has 0 saturated carbocycles. The topological polar surface area (TPSA) is 132 Å². The van der Waals surface area contributed by atoms with Crippen LogP contribution in [0.1, 0.15) is 18.5 Å². The van der Waals surface area contributed by atoms with Gasteiger partial charge in [0.25, 0.3) is 5.56 Å². The minimum absolute atomic E-state index is 0.0281. The number of piperidine rings is 1. The Hall–Kier alpha value is -2.72. The maximum Gasteiger partial charge on any atom is 0.325 e. The number of benzene rings is 1. The summed E-state index contributed by atoms with van der Waals surface area (Å²) in [5.41, 5.74) is -1.13. The highest BCUT2D eigenvalue weighted by Gasteiger charge is 2.35. The number of amides is 1. The average Bonchev–Trinajstić information content (AvgIpc) is 2.61. The molecular formula is C17H20N4O5S. The van der Waals surface area contributed by atoms with Crippen LogP contribution in [-0.4, -0.2) is 41.7 Å². The minimum atomic E-state index is -4.14. The maximum absolute atomic E-state index is 12.9. The van der Waals surface area contributed by atoms with Crippen LogP contribution in [0.3, 0.4) is 0 Å². The summed E-state index contributed by atoms with van der Waals surface area (Å²) in [6.07, 6.45) is 1.04. The largest absolute Gasteiger partial charge is 0.326 e. The minimum Gasteiger partial charge on any atom is -0.326 e. The number of aromatic amines is 2. The molecule has 10 heteroatoms. The molecule has 1 aliphatic heterocycles. The van der Waals surface area contributed by atoms with Gasteiger partial charge in [0.15, 0.2) is 4.90 Å². The predicted octanol–water partition coefficient (Wildman–Crippen LogP) is 0.411. The van der Waals surface area contributed by atoms with Gasteiger partial charge in [0, 0.05) is 24.5 Å². The Labute approximate surface area is 155 Å². The quantitative estimate of drug-likeness (QED) is 0.693. The van der Waals surface area contributed by atoms with Gasteiger partial charge in [-0.25, -0.2) is 13.2 Å². The number of nitrogens with one attached hydrogen (secondary N) is 3. The number of rotatable bonds is 4. The van der Waals surface area contributed by atoms with Crippen molar-refractivity contribution in [3.63, 3.8) is 0 Å². The Balaban J connectivity index is 1.82. The van der Waals surface area contributed by atoms with Crippen LogP contribution in [-0.2, 0) is 14.8 Å². The van der Waals surface area contributed by atoms with Crippen molar-refractivity contribution < 1.29 is 13.2 Å². The van der Waals surface area contributed by atoms with E-state index >= 15 is 0 Å². The van der Waals surface area contributed by atoms with Gasteiger partial charge in [0.2, 0.25) is 15.9 Å². The molecule has 144 valence electrons. The van der Waals surface area contributed by atoms with Crippen molar-refractivity contribution >= 4 is 21.6 Å². The van der Waals surface area contributed by atoms with Crippen LogP contribution >= 0.6 is 0 Å². The van der Waals surface area contributed by atoms with Crippen LogP contribution in [0.15, 0.2) is 44.8 Å². The second-order valence-electron chi connectivity index (χ2n) is 6.42. The van der Waals surface area contributed by atoms with Gasteiger partial charge < -0.3 is 10.3 Å². The van der Waals surface area contributed by atoms with Crippen molar-refractivity contribution in [1.29, 1.82) is 0 Å². The highest BCUT2D eigenvalue weighted by Crippen LogP contribution is 2.24. The molecule has 0 aliphatic carbocycles. The van der Waals surface area contributed by atoms with E-state index < -0.39 is 32.1 Å². The summed E-state index contributed by atoms with van der Waals surface area (Å²) in [4.78, 5) is 39.6. The van der Waals surface area contributed by atoms with Gasteiger partial charge in [-0.15, -0.1) is 0 Å². The zero-order valence-corrected chi connectivity index (χ0v) is 15.5. The third kappa shape index (κ3) is 4.01. The monoisotopic (exact) mass is 392 g/mol. The average molecular weight is 392 g/mol. The smallest absolute Gasteiger partial charge is 0.325 e. The van der Waals surface area contributed by atoms with Crippen molar-refractivity contribution in [1.82, 2.24) is 14.3 Å². The first-order valence-corrected chi connectivity index (χ1v) is 9.92. The molecule has 2 heterocycles. The van der Waals surface area contributed by atoms with Gasteiger partial charge in [-0.2, -0.15) is 4.31 Å². The summed E-state index contributed by atoms with van der Waals surface area (Å²) in [6, 6.07) is 8.91.